The van der Waals surface area contributed by atoms with Crippen molar-refractivity contribution < 1.29 is 19.1 Å². The first-order chi connectivity index (χ1) is 16.7. The molecule has 7 heteroatoms. The van der Waals surface area contributed by atoms with Gasteiger partial charge in [-0.1, -0.05) is 49.2 Å². The van der Waals surface area contributed by atoms with Crippen LogP contribution in [-0.4, -0.2) is 41.0 Å². The summed E-state index contributed by atoms with van der Waals surface area (Å²) in [7, 11) is 0. The minimum absolute atomic E-state index is 0.0513. The molecule has 0 bridgehead atoms. The highest BCUT2D eigenvalue weighted by Crippen LogP contribution is 2.35. The predicted molar refractivity (Wildman–Crippen MR) is 137 cm³/mol. The van der Waals surface area contributed by atoms with Crippen molar-refractivity contribution in [2.24, 2.45) is 5.92 Å². The monoisotopic (exact) mass is 477 g/mol. The van der Waals surface area contributed by atoms with E-state index < -0.39 is 17.7 Å². The Bertz CT molecular complexity index is 1090. The lowest BCUT2D eigenvalue weighted by Gasteiger charge is -2.28. The SMILES string of the molecule is CC(C)(C)OC(=O)N1CCC[C@H]1C(=O)Nc1ccccc1-c1ccccc1NC(=O)C1CCCC1. The van der Waals surface area contributed by atoms with Gasteiger partial charge in [0, 0.05) is 35.0 Å². The molecule has 35 heavy (non-hydrogen) atoms. The smallest absolute Gasteiger partial charge is 0.410 e. The first-order valence-corrected chi connectivity index (χ1v) is 12.5. The third-order valence-corrected chi connectivity index (χ3v) is 6.57. The van der Waals surface area contributed by atoms with Crippen molar-refractivity contribution in [3.8, 4) is 11.1 Å². The van der Waals surface area contributed by atoms with Gasteiger partial charge in [-0.3, -0.25) is 14.5 Å². The average molecular weight is 478 g/mol. The number of benzene rings is 2. The van der Waals surface area contributed by atoms with Gasteiger partial charge in [0.2, 0.25) is 11.8 Å². The van der Waals surface area contributed by atoms with Gasteiger partial charge in [-0.05, 0) is 58.6 Å². The first-order valence-electron chi connectivity index (χ1n) is 12.5. The fraction of sp³-hybridized carbons (Fsp3) is 0.464. The molecule has 7 nitrogen and oxygen atoms in total. The summed E-state index contributed by atoms with van der Waals surface area (Å²) in [6.45, 7) is 5.93. The predicted octanol–water partition coefficient (Wildman–Crippen LogP) is 5.82. The van der Waals surface area contributed by atoms with Crippen molar-refractivity contribution in [3.63, 3.8) is 0 Å². The van der Waals surface area contributed by atoms with Crippen LogP contribution in [0.2, 0.25) is 0 Å². The Kier molecular flexibility index (Phi) is 7.43. The largest absolute Gasteiger partial charge is 0.444 e. The lowest BCUT2D eigenvalue weighted by Crippen LogP contribution is -2.45. The van der Waals surface area contributed by atoms with Crippen molar-refractivity contribution in [2.75, 3.05) is 17.2 Å². The van der Waals surface area contributed by atoms with E-state index in [9.17, 15) is 14.4 Å². The second-order valence-electron chi connectivity index (χ2n) is 10.4. The van der Waals surface area contributed by atoms with E-state index in [1.165, 1.54) is 4.90 Å². The van der Waals surface area contributed by atoms with Crippen LogP contribution in [0, 0.1) is 5.92 Å². The molecular formula is C28H35N3O4. The Labute approximate surface area is 207 Å². The molecule has 4 rings (SSSR count). The van der Waals surface area contributed by atoms with E-state index in [-0.39, 0.29) is 17.7 Å². The third kappa shape index (κ3) is 6.02. The number of ether oxygens (including phenoxy) is 1. The lowest BCUT2D eigenvalue weighted by molar-refractivity contribution is -0.120. The maximum absolute atomic E-state index is 13.3. The first kappa shape index (κ1) is 24.8. The maximum atomic E-state index is 13.3. The molecule has 1 aliphatic carbocycles. The van der Waals surface area contributed by atoms with Gasteiger partial charge in [0.15, 0.2) is 0 Å². The summed E-state index contributed by atoms with van der Waals surface area (Å²) in [5.74, 6) is -0.136. The molecule has 1 saturated carbocycles. The van der Waals surface area contributed by atoms with Crippen molar-refractivity contribution in [2.45, 2.75) is 70.9 Å². The molecule has 0 unspecified atom stereocenters. The molecule has 1 aliphatic heterocycles. The van der Waals surface area contributed by atoms with Crippen molar-refractivity contribution in [1.82, 2.24) is 4.90 Å². The fourth-order valence-corrected chi connectivity index (χ4v) is 4.87. The van der Waals surface area contributed by atoms with Gasteiger partial charge in [0.05, 0.1) is 0 Å². The Morgan fingerprint density at radius 3 is 1.91 bits per heavy atom. The number of amides is 3. The zero-order valence-electron chi connectivity index (χ0n) is 20.8. The van der Waals surface area contributed by atoms with Crippen molar-refractivity contribution in [3.05, 3.63) is 48.5 Å². The minimum Gasteiger partial charge on any atom is -0.444 e. The maximum Gasteiger partial charge on any atom is 0.410 e. The molecule has 1 saturated heterocycles. The molecule has 186 valence electrons. The summed E-state index contributed by atoms with van der Waals surface area (Å²) in [5, 5.41) is 6.14. The van der Waals surface area contributed by atoms with E-state index in [0.717, 1.165) is 48.9 Å². The molecule has 0 radical (unpaired) electrons. The number of anilines is 2. The summed E-state index contributed by atoms with van der Waals surface area (Å²) < 4.78 is 5.51. The van der Waals surface area contributed by atoms with Crippen LogP contribution in [0.1, 0.15) is 59.3 Å². The Hall–Kier alpha value is -3.35. The van der Waals surface area contributed by atoms with Gasteiger partial charge >= 0.3 is 6.09 Å². The highest BCUT2D eigenvalue weighted by atomic mass is 16.6. The number of carbonyl (C=O) groups is 3. The molecule has 0 aromatic heterocycles. The molecule has 2 aromatic carbocycles. The van der Waals surface area contributed by atoms with E-state index in [2.05, 4.69) is 10.6 Å². The quantitative estimate of drug-likeness (QED) is 0.568. The summed E-state index contributed by atoms with van der Waals surface area (Å²) in [5.41, 5.74) is 2.38. The summed E-state index contributed by atoms with van der Waals surface area (Å²) in [6, 6.07) is 14.6. The van der Waals surface area contributed by atoms with Gasteiger partial charge in [-0.15, -0.1) is 0 Å². The number of carbonyl (C=O) groups excluding carboxylic acids is 3. The molecule has 3 amide bonds. The zero-order chi connectivity index (χ0) is 25.0. The Morgan fingerprint density at radius 1 is 0.800 bits per heavy atom. The van der Waals surface area contributed by atoms with Crippen LogP contribution in [0.25, 0.3) is 11.1 Å². The minimum atomic E-state index is -0.625. The lowest BCUT2D eigenvalue weighted by atomic mass is 10.00. The average Bonchev–Trinajstić information content (AvgIpc) is 3.51. The van der Waals surface area contributed by atoms with Gasteiger partial charge in [0.25, 0.3) is 0 Å². The zero-order valence-corrected chi connectivity index (χ0v) is 20.8. The standard InChI is InChI=1S/C28H35N3O4/c1-28(2,3)35-27(34)31-18-10-17-24(31)26(33)30-23-16-9-7-14-21(23)20-13-6-8-15-22(20)29-25(32)19-11-4-5-12-19/h6-9,13-16,19,24H,4-5,10-12,17-18H2,1-3H3,(H,29,32)(H,30,33)/t24-/m0/s1. The van der Waals surface area contributed by atoms with Crippen LogP contribution < -0.4 is 10.6 Å². The molecule has 0 spiro atoms. The van der Waals surface area contributed by atoms with Gasteiger partial charge < -0.3 is 15.4 Å². The molecular weight excluding hydrogens is 442 g/mol. The van der Waals surface area contributed by atoms with Crippen molar-refractivity contribution >= 4 is 29.3 Å². The Balaban J connectivity index is 1.54. The number of hydrogen-bond acceptors (Lipinski definition) is 4. The topological polar surface area (TPSA) is 87.7 Å². The van der Waals surface area contributed by atoms with E-state index in [0.29, 0.717) is 18.7 Å². The molecule has 2 fully saturated rings. The van der Waals surface area contributed by atoms with Crippen molar-refractivity contribution in [1.29, 1.82) is 0 Å². The number of hydrogen-bond donors (Lipinski definition) is 2. The van der Waals surface area contributed by atoms with Gasteiger partial charge in [0.1, 0.15) is 11.6 Å². The summed E-state index contributed by atoms with van der Waals surface area (Å²) in [4.78, 5) is 40.3. The van der Waals surface area contributed by atoms with Crippen LogP contribution in [0.4, 0.5) is 16.2 Å². The molecule has 2 aliphatic rings. The fourth-order valence-electron chi connectivity index (χ4n) is 4.87. The van der Waals surface area contributed by atoms with Crippen LogP contribution in [0.15, 0.2) is 48.5 Å². The third-order valence-electron chi connectivity index (χ3n) is 6.57. The van der Waals surface area contributed by atoms with E-state index >= 15 is 0 Å². The second kappa shape index (κ2) is 10.5. The number of para-hydroxylation sites is 2. The highest BCUT2D eigenvalue weighted by molar-refractivity contribution is 6.03. The molecule has 1 atom stereocenters. The number of nitrogens with one attached hydrogen (secondary N) is 2. The van der Waals surface area contributed by atoms with Crippen LogP contribution in [0.5, 0.6) is 0 Å². The van der Waals surface area contributed by atoms with Crippen LogP contribution in [0.3, 0.4) is 0 Å². The highest BCUT2D eigenvalue weighted by Gasteiger charge is 2.37. The van der Waals surface area contributed by atoms with Gasteiger partial charge in [-0.2, -0.15) is 0 Å². The summed E-state index contributed by atoms with van der Waals surface area (Å²) >= 11 is 0. The number of likely N-dealkylation sites (tertiary alicyclic amines) is 1. The second-order valence-corrected chi connectivity index (χ2v) is 10.4. The Morgan fingerprint density at radius 2 is 1.34 bits per heavy atom. The summed E-state index contributed by atoms with van der Waals surface area (Å²) in [6.07, 6.45) is 4.90. The van der Waals surface area contributed by atoms with E-state index in [1.54, 1.807) is 0 Å². The number of rotatable bonds is 5. The van der Waals surface area contributed by atoms with Crippen LogP contribution >= 0.6 is 0 Å². The molecule has 2 aromatic rings. The van der Waals surface area contributed by atoms with E-state index in [1.807, 2.05) is 69.3 Å². The van der Waals surface area contributed by atoms with E-state index in [4.69, 9.17) is 4.74 Å². The molecule has 2 N–H and O–H groups in total. The van der Waals surface area contributed by atoms with Crippen LogP contribution in [-0.2, 0) is 14.3 Å². The number of nitrogens with zero attached hydrogens (tertiary/aromatic N) is 1. The van der Waals surface area contributed by atoms with Gasteiger partial charge in [-0.25, -0.2) is 4.79 Å². The normalized spacial score (nSPS) is 18.4. The molecule has 1 heterocycles.